The quantitative estimate of drug-likeness (QED) is 0.226. The number of unbranched alkanes of at least 4 members (excludes halogenated alkanes) is 2. The smallest absolute Gasteiger partial charge is 0.244 e. The number of aromatic nitrogens is 1. The SMILES string of the molecule is CCCCCc1c(C=CC(=O)N[C@H](C)CCCc2cccnc2)cc(OC)c2ccc(OC)cc12. The number of nitrogens with zero attached hydrogens (tertiary/aromatic N) is 1. The van der Waals surface area contributed by atoms with Gasteiger partial charge < -0.3 is 14.8 Å². The highest BCUT2D eigenvalue weighted by atomic mass is 16.5. The number of hydrogen-bond acceptors (Lipinski definition) is 4. The van der Waals surface area contributed by atoms with Crippen molar-refractivity contribution in [3.63, 3.8) is 0 Å². The molecule has 0 aliphatic rings. The molecule has 3 rings (SSSR count). The van der Waals surface area contributed by atoms with Crippen LogP contribution >= 0.6 is 0 Å². The number of rotatable bonds is 13. The van der Waals surface area contributed by atoms with Crippen molar-refractivity contribution in [1.82, 2.24) is 10.3 Å². The van der Waals surface area contributed by atoms with E-state index in [0.29, 0.717) is 0 Å². The molecular formula is C30H38N2O3. The lowest BCUT2D eigenvalue weighted by Crippen LogP contribution is -2.31. The number of carbonyl (C=O) groups excluding carboxylic acids is 1. The Labute approximate surface area is 209 Å². The van der Waals surface area contributed by atoms with Crippen LogP contribution in [0.25, 0.3) is 16.8 Å². The molecule has 0 unspecified atom stereocenters. The fourth-order valence-corrected chi connectivity index (χ4v) is 4.41. The monoisotopic (exact) mass is 474 g/mol. The summed E-state index contributed by atoms with van der Waals surface area (Å²) in [5.74, 6) is 1.53. The second-order valence-corrected chi connectivity index (χ2v) is 9.01. The summed E-state index contributed by atoms with van der Waals surface area (Å²) in [6.07, 6.45) is 14.5. The molecule has 0 radical (unpaired) electrons. The number of fused-ring (bicyclic) bond motifs is 1. The number of ether oxygens (including phenoxy) is 2. The number of pyridine rings is 1. The first-order valence-corrected chi connectivity index (χ1v) is 12.6. The van der Waals surface area contributed by atoms with Gasteiger partial charge in [-0.2, -0.15) is 0 Å². The van der Waals surface area contributed by atoms with Gasteiger partial charge in [-0.3, -0.25) is 9.78 Å². The lowest BCUT2D eigenvalue weighted by Gasteiger charge is -2.16. The minimum atomic E-state index is -0.0805. The van der Waals surface area contributed by atoms with E-state index in [2.05, 4.69) is 36.3 Å². The highest BCUT2D eigenvalue weighted by Crippen LogP contribution is 2.35. The topological polar surface area (TPSA) is 60.5 Å². The van der Waals surface area contributed by atoms with Crippen LogP contribution in [0.15, 0.2) is 54.9 Å². The van der Waals surface area contributed by atoms with Gasteiger partial charge in [0.15, 0.2) is 0 Å². The van der Waals surface area contributed by atoms with E-state index >= 15 is 0 Å². The molecule has 1 heterocycles. The Kier molecular flexibility index (Phi) is 10.1. The number of hydrogen-bond donors (Lipinski definition) is 1. The van der Waals surface area contributed by atoms with Crippen LogP contribution in [-0.2, 0) is 17.6 Å². The van der Waals surface area contributed by atoms with Gasteiger partial charge in [-0.1, -0.05) is 25.8 Å². The largest absolute Gasteiger partial charge is 0.497 e. The molecule has 0 spiro atoms. The van der Waals surface area contributed by atoms with Crippen LogP contribution in [0.4, 0.5) is 0 Å². The summed E-state index contributed by atoms with van der Waals surface area (Å²) >= 11 is 0. The molecule has 2 aromatic carbocycles. The third-order valence-electron chi connectivity index (χ3n) is 6.33. The third-order valence-corrected chi connectivity index (χ3v) is 6.33. The van der Waals surface area contributed by atoms with Crippen molar-refractivity contribution in [1.29, 1.82) is 0 Å². The zero-order valence-electron chi connectivity index (χ0n) is 21.5. The maximum Gasteiger partial charge on any atom is 0.244 e. The zero-order valence-corrected chi connectivity index (χ0v) is 21.5. The molecule has 1 aromatic heterocycles. The summed E-state index contributed by atoms with van der Waals surface area (Å²) in [5, 5.41) is 5.27. The normalized spacial score (nSPS) is 12.1. The number of benzene rings is 2. The van der Waals surface area contributed by atoms with E-state index in [1.807, 2.05) is 36.5 Å². The Balaban J connectivity index is 1.74. The van der Waals surface area contributed by atoms with Gasteiger partial charge in [0.25, 0.3) is 0 Å². The fourth-order valence-electron chi connectivity index (χ4n) is 4.41. The maximum absolute atomic E-state index is 12.7. The number of carbonyl (C=O) groups is 1. The first-order valence-electron chi connectivity index (χ1n) is 12.6. The summed E-state index contributed by atoms with van der Waals surface area (Å²) in [6.45, 7) is 4.26. The minimum absolute atomic E-state index is 0.0805. The van der Waals surface area contributed by atoms with Crippen molar-refractivity contribution in [3.05, 3.63) is 71.6 Å². The molecule has 0 saturated heterocycles. The Hall–Kier alpha value is -3.34. The number of aryl methyl sites for hydroxylation is 2. The third kappa shape index (κ3) is 7.57. The van der Waals surface area contributed by atoms with E-state index in [1.54, 1.807) is 26.5 Å². The molecule has 0 aliphatic heterocycles. The van der Waals surface area contributed by atoms with Crippen LogP contribution in [-0.4, -0.2) is 31.2 Å². The predicted octanol–water partition coefficient (Wildman–Crippen LogP) is 6.53. The highest BCUT2D eigenvalue weighted by Gasteiger charge is 2.13. The number of methoxy groups -OCH3 is 2. The van der Waals surface area contributed by atoms with Crippen LogP contribution in [0.5, 0.6) is 11.5 Å². The Morgan fingerprint density at radius 3 is 2.63 bits per heavy atom. The van der Waals surface area contributed by atoms with E-state index in [1.165, 1.54) is 11.1 Å². The van der Waals surface area contributed by atoms with Gasteiger partial charge in [-0.25, -0.2) is 0 Å². The molecule has 0 bridgehead atoms. The molecule has 5 heteroatoms. The highest BCUT2D eigenvalue weighted by molar-refractivity contribution is 5.97. The fraction of sp³-hybridized carbons (Fsp3) is 0.400. The molecule has 1 amide bonds. The first kappa shape index (κ1) is 26.3. The van der Waals surface area contributed by atoms with Crippen molar-refractivity contribution in [2.75, 3.05) is 14.2 Å². The van der Waals surface area contributed by atoms with Gasteiger partial charge in [0.2, 0.25) is 5.91 Å². The van der Waals surface area contributed by atoms with Gasteiger partial charge in [-0.15, -0.1) is 0 Å². The molecule has 1 atom stereocenters. The van der Waals surface area contributed by atoms with Crippen LogP contribution < -0.4 is 14.8 Å². The summed E-state index contributed by atoms with van der Waals surface area (Å²) in [6, 6.07) is 12.3. The lowest BCUT2D eigenvalue weighted by atomic mass is 9.93. The summed E-state index contributed by atoms with van der Waals surface area (Å²) in [4.78, 5) is 16.9. The number of amides is 1. The molecule has 0 saturated carbocycles. The maximum atomic E-state index is 12.7. The standard InChI is InChI=1S/C30H38N2O3/c1-5-6-7-13-26-24(19-29(35-4)27-16-15-25(34-3)20-28(26)27)14-17-30(33)32-22(2)10-8-11-23-12-9-18-31-21-23/h9,12,14-22H,5-8,10-11,13H2,1-4H3,(H,32,33)/t22-/m1/s1. The van der Waals surface area contributed by atoms with Gasteiger partial charge in [0, 0.05) is 29.9 Å². The number of nitrogens with one attached hydrogen (secondary N) is 1. The predicted molar refractivity (Wildman–Crippen MR) is 144 cm³/mol. The molecule has 1 N–H and O–H groups in total. The molecule has 186 valence electrons. The van der Waals surface area contributed by atoms with E-state index in [0.717, 1.165) is 72.8 Å². The summed E-state index contributed by atoms with van der Waals surface area (Å²) in [5.41, 5.74) is 3.46. The molecule has 5 nitrogen and oxygen atoms in total. The van der Waals surface area contributed by atoms with E-state index in [-0.39, 0.29) is 11.9 Å². The molecule has 35 heavy (non-hydrogen) atoms. The molecule has 0 fully saturated rings. The van der Waals surface area contributed by atoms with Crippen molar-refractivity contribution in [2.24, 2.45) is 0 Å². The lowest BCUT2D eigenvalue weighted by molar-refractivity contribution is -0.117. The second kappa shape index (κ2) is 13.5. The van der Waals surface area contributed by atoms with E-state index in [4.69, 9.17) is 9.47 Å². The summed E-state index contributed by atoms with van der Waals surface area (Å²) < 4.78 is 11.2. The van der Waals surface area contributed by atoms with Crippen LogP contribution in [0.1, 0.15) is 62.6 Å². The Morgan fingerprint density at radius 2 is 1.91 bits per heavy atom. The van der Waals surface area contributed by atoms with E-state index < -0.39 is 0 Å². The van der Waals surface area contributed by atoms with Crippen molar-refractivity contribution in [2.45, 2.75) is 64.8 Å². The average molecular weight is 475 g/mol. The van der Waals surface area contributed by atoms with Gasteiger partial charge >= 0.3 is 0 Å². The van der Waals surface area contributed by atoms with Crippen molar-refractivity contribution in [3.8, 4) is 11.5 Å². The zero-order chi connectivity index (χ0) is 25.0. The van der Waals surface area contributed by atoms with Crippen LogP contribution in [0, 0.1) is 0 Å². The molecule has 0 aliphatic carbocycles. The van der Waals surface area contributed by atoms with Crippen molar-refractivity contribution >= 4 is 22.8 Å². The van der Waals surface area contributed by atoms with Gasteiger partial charge in [0.1, 0.15) is 11.5 Å². The first-order chi connectivity index (χ1) is 17.0. The molecular weight excluding hydrogens is 436 g/mol. The Bertz CT molecular complexity index is 1130. The van der Waals surface area contributed by atoms with Crippen LogP contribution in [0.3, 0.4) is 0 Å². The van der Waals surface area contributed by atoms with Gasteiger partial charge in [0.05, 0.1) is 14.2 Å². The second-order valence-electron chi connectivity index (χ2n) is 9.01. The Morgan fingerprint density at radius 1 is 1.06 bits per heavy atom. The summed E-state index contributed by atoms with van der Waals surface area (Å²) in [7, 11) is 3.37. The molecule has 3 aromatic rings. The average Bonchev–Trinajstić information content (AvgIpc) is 2.88. The van der Waals surface area contributed by atoms with Gasteiger partial charge in [-0.05, 0) is 97.5 Å². The van der Waals surface area contributed by atoms with Crippen molar-refractivity contribution < 1.29 is 14.3 Å². The van der Waals surface area contributed by atoms with E-state index in [9.17, 15) is 4.79 Å². The van der Waals surface area contributed by atoms with Crippen LogP contribution in [0.2, 0.25) is 0 Å². The minimum Gasteiger partial charge on any atom is -0.497 e.